The molecule has 0 amide bonds. The van der Waals surface area contributed by atoms with E-state index in [1.165, 1.54) is 32.1 Å². The molecule has 56 valence electrons. The van der Waals surface area contributed by atoms with Gasteiger partial charge in [0.2, 0.25) is 0 Å². The van der Waals surface area contributed by atoms with Crippen LogP contribution in [0.1, 0.15) is 39.0 Å². The molecule has 0 heterocycles. The number of hydrogen-bond donors (Lipinski definition) is 0. The zero-order chi connectivity index (χ0) is 6.97. The van der Waals surface area contributed by atoms with Crippen LogP contribution in [0.25, 0.3) is 0 Å². The molecule has 0 bridgehead atoms. The van der Waals surface area contributed by atoms with Crippen molar-refractivity contribution in [3.63, 3.8) is 0 Å². The molecule has 0 saturated heterocycles. The van der Waals surface area contributed by atoms with Crippen molar-refractivity contribution in [2.24, 2.45) is 11.8 Å². The van der Waals surface area contributed by atoms with Crippen LogP contribution >= 0.6 is 0 Å². The van der Waals surface area contributed by atoms with E-state index >= 15 is 0 Å². The van der Waals surface area contributed by atoms with E-state index in [1.54, 1.807) is 5.57 Å². The molecule has 2 unspecified atom stereocenters. The highest BCUT2D eigenvalue weighted by molar-refractivity contribution is 5.17. The van der Waals surface area contributed by atoms with Crippen molar-refractivity contribution in [3.8, 4) is 0 Å². The Morgan fingerprint density at radius 3 is 2.60 bits per heavy atom. The van der Waals surface area contributed by atoms with E-state index in [-0.39, 0.29) is 0 Å². The molecule has 0 aromatic heterocycles. The average Bonchev–Trinajstić information content (AvgIpc) is 2.12. The van der Waals surface area contributed by atoms with Crippen LogP contribution in [-0.4, -0.2) is 0 Å². The summed E-state index contributed by atoms with van der Waals surface area (Å²) in [5.74, 6) is 1.99. The lowest BCUT2D eigenvalue weighted by Gasteiger charge is -2.24. The molecule has 2 atom stereocenters. The van der Waals surface area contributed by atoms with Gasteiger partial charge < -0.3 is 0 Å². The summed E-state index contributed by atoms with van der Waals surface area (Å²) < 4.78 is 0. The van der Waals surface area contributed by atoms with Crippen LogP contribution in [0.2, 0.25) is 0 Å². The summed E-state index contributed by atoms with van der Waals surface area (Å²) in [4.78, 5) is 0. The smallest absolute Gasteiger partial charge is 0.0177 e. The maximum atomic E-state index is 2.45. The van der Waals surface area contributed by atoms with Gasteiger partial charge in [-0.3, -0.25) is 0 Å². The summed E-state index contributed by atoms with van der Waals surface area (Å²) >= 11 is 0. The fourth-order valence-electron chi connectivity index (χ4n) is 2.34. The largest absolute Gasteiger partial charge is 0.0847 e. The van der Waals surface area contributed by atoms with Crippen LogP contribution in [0.4, 0.5) is 0 Å². The van der Waals surface area contributed by atoms with E-state index in [2.05, 4.69) is 13.0 Å². The lowest BCUT2D eigenvalue weighted by molar-refractivity contribution is 0.452. The number of hydrogen-bond acceptors (Lipinski definition) is 0. The Balaban J connectivity index is 2.03. The first-order chi connectivity index (χ1) is 4.88. The molecular weight excluding hydrogens is 120 g/mol. The SMILES string of the molecule is CC1CCCC1C1=CCC1. The van der Waals surface area contributed by atoms with Gasteiger partial charge in [0.1, 0.15) is 0 Å². The Labute approximate surface area is 63.3 Å². The highest BCUT2D eigenvalue weighted by atomic mass is 14.3. The first-order valence-electron chi connectivity index (χ1n) is 4.57. The van der Waals surface area contributed by atoms with Crippen molar-refractivity contribution in [3.05, 3.63) is 11.6 Å². The van der Waals surface area contributed by atoms with Crippen molar-refractivity contribution < 1.29 is 0 Å². The fraction of sp³-hybridized carbons (Fsp3) is 0.800. The molecule has 0 spiro atoms. The number of allylic oxidation sites excluding steroid dienone is 2. The third kappa shape index (κ3) is 0.902. The van der Waals surface area contributed by atoms with Crippen molar-refractivity contribution >= 4 is 0 Å². The van der Waals surface area contributed by atoms with E-state index in [9.17, 15) is 0 Å². The van der Waals surface area contributed by atoms with Gasteiger partial charge in [-0.25, -0.2) is 0 Å². The van der Waals surface area contributed by atoms with Crippen LogP contribution in [0.15, 0.2) is 11.6 Å². The lowest BCUT2D eigenvalue weighted by Crippen LogP contribution is -2.11. The molecule has 10 heavy (non-hydrogen) atoms. The molecule has 0 nitrogen and oxygen atoms in total. The highest BCUT2D eigenvalue weighted by Gasteiger charge is 2.27. The van der Waals surface area contributed by atoms with Crippen molar-refractivity contribution in [1.29, 1.82) is 0 Å². The van der Waals surface area contributed by atoms with Crippen LogP contribution in [0, 0.1) is 11.8 Å². The van der Waals surface area contributed by atoms with Crippen molar-refractivity contribution in [2.45, 2.75) is 39.0 Å². The summed E-state index contributed by atoms with van der Waals surface area (Å²) in [6, 6.07) is 0. The molecule has 2 rings (SSSR count). The highest BCUT2D eigenvalue weighted by Crippen LogP contribution is 2.41. The van der Waals surface area contributed by atoms with E-state index in [1.807, 2.05) is 0 Å². The predicted octanol–water partition coefficient (Wildman–Crippen LogP) is 3.14. The molecule has 0 N–H and O–H groups in total. The van der Waals surface area contributed by atoms with Crippen molar-refractivity contribution in [2.75, 3.05) is 0 Å². The molecule has 0 aliphatic heterocycles. The maximum Gasteiger partial charge on any atom is -0.0177 e. The van der Waals surface area contributed by atoms with E-state index in [0.29, 0.717) is 0 Å². The summed E-state index contributed by atoms with van der Waals surface area (Å²) in [7, 11) is 0. The summed E-state index contributed by atoms with van der Waals surface area (Å²) in [6.45, 7) is 2.41. The maximum absolute atomic E-state index is 2.45. The minimum absolute atomic E-state index is 0.992. The van der Waals surface area contributed by atoms with Crippen LogP contribution in [-0.2, 0) is 0 Å². The Morgan fingerprint density at radius 1 is 1.40 bits per heavy atom. The van der Waals surface area contributed by atoms with E-state index in [4.69, 9.17) is 0 Å². The monoisotopic (exact) mass is 136 g/mol. The van der Waals surface area contributed by atoms with Crippen LogP contribution in [0.5, 0.6) is 0 Å². The van der Waals surface area contributed by atoms with Crippen molar-refractivity contribution in [1.82, 2.24) is 0 Å². The summed E-state index contributed by atoms with van der Waals surface area (Å²) in [6.07, 6.45) is 9.65. The zero-order valence-electron chi connectivity index (χ0n) is 6.77. The molecule has 0 heteroatoms. The van der Waals surface area contributed by atoms with Gasteiger partial charge in [-0.15, -0.1) is 0 Å². The Bertz CT molecular complexity index is 155. The predicted molar refractivity (Wildman–Crippen MR) is 43.8 cm³/mol. The molecule has 1 fully saturated rings. The second kappa shape index (κ2) is 2.41. The third-order valence-electron chi connectivity index (χ3n) is 3.18. The second-order valence-corrected chi connectivity index (χ2v) is 3.83. The minimum Gasteiger partial charge on any atom is -0.0847 e. The van der Waals surface area contributed by atoms with Gasteiger partial charge in [0.25, 0.3) is 0 Å². The fourth-order valence-corrected chi connectivity index (χ4v) is 2.34. The van der Waals surface area contributed by atoms with Gasteiger partial charge >= 0.3 is 0 Å². The van der Waals surface area contributed by atoms with Gasteiger partial charge in [0, 0.05) is 0 Å². The standard InChI is InChI=1S/C10H16/c1-8-4-2-7-10(8)9-5-3-6-9/h5,8,10H,2-4,6-7H2,1H3. The first kappa shape index (κ1) is 6.45. The molecule has 0 aromatic carbocycles. The molecule has 2 aliphatic carbocycles. The van der Waals surface area contributed by atoms with Gasteiger partial charge in [0.05, 0.1) is 0 Å². The molecule has 0 radical (unpaired) electrons. The Kier molecular flexibility index (Phi) is 1.55. The third-order valence-corrected chi connectivity index (χ3v) is 3.18. The van der Waals surface area contributed by atoms with Gasteiger partial charge in [-0.1, -0.05) is 31.4 Å². The zero-order valence-corrected chi connectivity index (χ0v) is 6.77. The molecule has 0 aromatic rings. The van der Waals surface area contributed by atoms with Gasteiger partial charge in [0.15, 0.2) is 0 Å². The quantitative estimate of drug-likeness (QED) is 0.486. The topological polar surface area (TPSA) is 0 Å². The second-order valence-electron chi connectivity index (χ2n) is 3.83. The normalized spacial score (nSPS) is 39.1. The van der Waals surface area contributed by atoms with E-state index in [0.717, 1.165) is 11.8 Å². The number of rotatable bonds is 1. The molecule has 1 saturated carbocycles. The Hall–Kier alpha value is -0.260. The Morgan fingerprint density at radius 2 is 2.20 bits per heavy atom. The van der Waals surface area contributed by atoms with Crippen LogP contribution < -0.4 is 0 Å². The lowest BCUT2D eigenvalue weighted by atomic mass is 9.81. The molecular formula is C10H16. The van der Waals surface area contributed by atoms with Gasteiger partial charge in [-0.2, -0.15) is 0 Å². The summed E-state index contributed by atoms with van der Waals surface area (Å²) in [5, 5.41) is 0. The van der Waals surface area contributed by atoms with Gasteiger partial charge in [-0.05, 0) is 31.1 Å². The first-order valence-corrected chi connectivity index (χ1v) is 4.57. The molecule has 2 aliphatic rings. The average molecular weight is 136 g/mol. The van der Waals surface area contributed by atoms with Crippen LogP contribution in [0.3, 0.4) is 0 Å². The summed E-state index contributed by atoms with van der Waals surface area (Å²) in [5.41, 5.74) is 1.78. The minimum atomic E-state index is 0.992. The van der Waals surface area contributed by atoms with E-state index < -0.39 is 0 Å².